The molecule has 1 saturated heterocycles. The number of hydrogen-bond acceptors (Lipinski definition) is 5. The lowest BCUT2D eigenvalue weighted by atomic mass is 9.88. The summed E-state index contributed by atoms with van der Waals surface area (Å²) in [6.45, 7) is 2.31. The minimum Gasteiger partial charge on any atom is -0.508 e. The van der Waals surface area contributed by atoms with E-state index in [0.717, 1.165) is 22.9 Å². The van der Waals surface area contributed by atoms with Crippen molar-refractivity contribution in [1.29, 1.82) is 0 Å². The number of aromatic nitrogens is 1. The average Bonchev–Trinajstić information content (AvgIpc) is 3.26. The summed E-state index contributed by atoms with van der Waals surface area (Å²) in [6.07, 6.45) is 1.87. The minimum absolute atomic E-state index is 0.168. The fourth-order valence-corrected chi connectivity index (χ4v) is 4.85. The number of rotatable bonds is 5. The molecule has 164 valence electrons. The molecule has 9 heteroatoms. The third-order valence-electron chi connectivity index (χ3n) is 6.39. The molecule has 3 aromatic rings. The molecule has 0 bridgehead atoms. The summed E-state index contributed by atoms with van der Waals surface area (Å²) >= 11 is 0. The van der Waals surface area contributed by atoms with Gasteiger partial charge in [-0.05, 0) is 24.1 Å². The standard InChI is InChI=1S/C23H22N4O5/c1-2-3-10-25-22(29)18-12-15-14-6-4-5-7-17(14)24-20(15)21(26(18)23(25)30)16-11-13(27(31)32)8-9-19(16)28/h4-9,11,18,21,24,28H,2-3,10,12H2,1H3/t18-,21-/m0/s1. The SMILES string of the molecule is CCCCN1C(=O)[C@@H]2Cc3c([nH]c4ccccc34)[C@H](c3cc([N+](=O)[O-])ccc3O)N2C1=O. The summed E-state index contributed by atoms with van der Waals surface area (Å²) in [6, 6.07) is 9.38. The number of phenols is 1. The van der Waals surface area contributed by atoms with Crippen molar-refractivity contribution < 1.29 is 19.6 Å². The number of non-ortho nitro benzene ring substituents is 1. The van der Waals surface area contributed by atoms with Gasteiger partial charge >= 0.3 is 6.03 Å². The lowest BCUT2D eigenvalue weighted by Crippen LogP contribution is -2.44. The zero-order valence-corrected chi connectivity index (χ0v) is 17.4. The van der Waals surface area contributed by atoms with Crippen molar-refractivity contribution in [3.63, 3.8) is 0 Å². The van der Waals surface area contributed by atoms with Gasteiger partial charge in [-0.15, -0.1) is 0 Å². The van der Waals surface area contributed by atoms with E-state index in [0.29, 0.717) is 25.1 Å². The highest BCUT2D eigenvalue weighted by Gasteiger charge is 2.52. The van der Waals surface area contributed by atoms with Crippen molar-refractivity contribution in [2.24, 2.45) is 0 Å². The Labute approximate surface area is 183 Å². The van der Waals surface area contributed by atoms with Crippen LogP contribution in [0.5, 0.6) is 5.75 Å². The number of phenolic OH excluding ortho intramolecular Hbond substituents is 1. The van der Waals surface area contributed by atoms with Crippen molar-refractivity contribution in [2.45, 2.75) is 38.3 Å². The Kier molecular flexibility index (Phi) is 4.61. The van der Waals surface area contributed by atoms with Gasteiger partial charge in [0, 0.05) is 47.3 Å². The molecule has 3 amide bonds. The second-order valence-electron chi connectivity index (χ2n) is 8.22. The number of aromatic hydroxyl groups is 1. The van der Waals surface area contributed by atoms with E-state index in [9.17, 15) is 24.8 Å². The summed E-state index contributed by atoms with van der Waals surface area (Å²) in [4.78, 5) is 43.6. The van der Waals surface area contributed by atoms with Gasteiger partial charge in [-0.1, -0.05) is 31.5 Å². The minimum atomic E-state index is -0.848. The molecule has 0 spiro atoms. The number of nitro groups is 1. The van der Waals surface area contributed by atoms with Crippen LogP contribution in [0, 0.1) is 10.1 Å². The smallest absolute Gasteiger partial charge is 0.328 e. The number of carbonyl (C=O) groups excluding carboxylic acids is 2. The van der Waals surface area contributed by atoms with E-state index >= 15 is 0 Å². The summed E-state index contributed by atoms with van der Waals surface area (Å²) in [7, 11) is 0. The number of amides is 3. The number of nitrogens with zero attached hydrogens (tertiary/aromatic N) is 3. The summed E-state index contributed by atoms with van der Waals surface area (Å²) in [5.74, 6) is -0.438. The molecular weight excluding hydrogens is 412 g/mol. The molecule has 0 aliphatic carbocycles. The molecule has 3 heterocycles. The van der Waals surface area contributed by atoms with E-state index in [-0.39, 0.29) is 22.9 Å². The Balaban J connectivity index is 1.73. The van der Waals surface area contributed by atoms with Gasteiger partial charge in [-0.25, -0.2) is 4.79 Å². The number of unbranched alkanes of at least 4 members (excludes halogenated alkanes) is 1. The lowest BCUT2D eigenvalue weighted by molar-refractivity contribution is -0.385. The van der Waals surface area contributed by atoms with Gasteiger partial charge in [-0.3, -0.25) is 24.7 Å². The molecule has 32 heavy (non-hydrogen) atoms. The molecule has 2 aromatic carbocycles. The molecule has 5 rings (SSSR count). The van der Waals surface area contributed by atoms with E-state index < -0.39 is 23.0 Å². The quantitative estimate of drug-likeness (QED) is 0.359. The molecule has 2 N–H and O–H groups in total. The van der Waals surface area contributed by atoms with Crippen LogP contribution in [0.15, 0.2) is 42.5 Å². The van der Waals surface area contributed by atoms with Crippen molar-refractivity contribution in [3.8, 4) is 5.75 Å². The molecule has 9 nitrogen and oxygen atoms in total. The number of fused-ring (bicyclic) bond motifs is 4. The van der Waals surface area contributed by atoms with Crippen LogP contribution in [0.25, 0.3) is 10.9 Å². The van der Waals surface area contributed by atoms with Crippen LogP contribution < -0.4 is 0 Å². The fourth-order valence-electron chi connectivity index (χ4n) is 4.85. The molecule has 0 unspecified atom stereocenters. The second-order valence-corrected chi connectivity index (χ2v) is 8.22. The van der Waals surface area contributed by atoms with Gasteiger partial charge in [0.15, 0.2) is 0 Å². The first-order chi connectivity index (χ1) is 15.4. The van der Waals surface area contributed by atoms with Crippen molar-refractivity contribution in [3.05, 3.63) is 69.4 Å². The van der Waals surface area contributed by atoms with Crippen LogP contribution in [0.4, 0.5) is 10.5 Å². The van der Waals surface area contributed by atoms with Gasteiger partial charge in [-0.2, -0.15) is 0 Å². The van der Waals surface area contributed by atoms with Crippen molar-refractivity contribution in [1.82, 2.24) is 14.8 Å². The number of nitro benzene ring substituents is 1. The maximum Gasteiger partial charge on any atom is 0.328 e. The van der Waals surface area contributed by atoms with Gasteiger partial charge in [0.05, 0.1) is 4.92 Å². The first kappa shape index (κ1) is 20.0. The van der Waals surface area contributed by atoms with E-state index in [1.807, 2.05) is 31.2 Å². The maximum atomic E-state index is 13.4. The average molecular weight is 434 g/mol. The highest BCUT2D eigenvalue weighted by Crippen LogP contribution is 2.46. The lowest BCUT2D eigenvalue weighted by Gasteiger charge is -2.36. The first-order valence-corrected chi connectivity index (χ1v) is 10.6. The topological polar surface area (TPSA) is 120 Å². The molecule has 2 atom stereocenters. The Bertz CT molecular complexity index is 1270. The second kappa shape index (κ2) is 7.37. The van der Waals surface area contributed by atoms with Gasteiger partial charge in [0.25, 0.3) is 11.6 Å². The maximum absolute atomic E-state index is 13.4. The van der Waals surface area contributed by atoms with E-state index in [1.54, 1.807) is 0 Å². The molecule has 1 fully saturated rings. The number of aromatic amines is 1. The predicted octanol–water partition coefficient (Wildman–Crippen LogP) is 3.86. The first-order valence-electron chi connectivity index (χ1n) is 10.6. The molecule has 2 aliphatic rings. The summed E-state index contributed by atoms with van der Waals surface area (Å²) in [5, 5.41) is 23.0. The molecule has 0 radical (unpaired) electrons. The van der Waals surface area contributed by atoms with Crippen molar-refractivity contribution in [2.75, 3.05) is 6.54 Å². The fraction of sp³-hybridized carbons (Fsp3) is 0.304. The molecular formula is C23H22N4O5. The third-order valence-corrected chi connectivity index (χ3v) is 6.39. The number of hydrogen-bond donors (Lipinski definition) is 2. The largest absolute Gasteiger partial charge is 0.508 e. The van der Waals surface area contributed by atoms with Gasteiger partial charge in [0.1, 0.15) is 17.8 Å². The Morgan fingerprint density at radius 1 is 1.22 bits per heavy atom. The van der Waals surface area contributed by atoms with Crippen LogP contribution in [-0.2, 0) is 11.2 Å². The normalized spacial score (nSPS) is 20.0. The molecule has 1 aromatic heterocycles. The number of benzene rings is 2. The highest BCUT2D eigenvalue weighted by atomic mass is 16.6. The van der Waals surface area contributed by atoms with E-state index in [1.165, 1.54) is 28.0 Å². The Morgan fingerprint density at radius 3 is 2.75 bits per heavy atom. The van der Waals surface area contributed by atoms with Crippen molar-refractivity contribution >= 4 is 28.5 Å². The Morgan fingerprint density at radius 2 is 2.00 bits per heavy atom. The zero-order valence-electron chi connectivity index (χ0n) is 17.4. The predicted molar refractivity (Wildman–Crippen MR) is 116 cm³/mol. The molecule has 2 aliphatic heterocycles. The third kappa shape index (κ3) is 2.84. The number of nitrogens with one attached hydrogen (secondary N) is 1. The summed E-state index contributed by atoms with van der Waals surface area (Å²) in [5.41, 5.74) is 2.41. The zero-order chi connectivity index (χ0) is 22.6. The number of H-pyrrole nitrogens is 1. The number of para-hydroxylation sites is 1. The Hall–Kier alpha value is -3.88. The van der Waals surface area contributed by atoms with Crippen LogP contribution in [0.3, 0.4) is 0 Å². The summed E-state index contributed by atoms with van der Waals surface area (Å²) < 4.78 is 0. The van der Waals surface area contributed by atoms with Crippen LogP contribution >= 0.6 is 0 Å². The monoisotopic (exact) mass is 434 g/mol. The highest BCUT2D eigenvalue weighted by molar-refractivity contribution is 6.05. The van der Waals surface area contributed by atoms with Crippen LogP contribution in [0.2, 0.25) is 0 Å². The van der Waals surface area contributed by atoms with Crippen LogP contribution in [-0.4, -0.2) is 49.3 Å². The number of urea groups is 1. The van der Waals surface area contributed by atoms with Gasteiger partial charge < -0.3 is 10.1 Å². The molecule has 0 saturated carbocycles. The number of imide groups is 1. The van der Waals surface area contributed by atoms with E-state index in [2.05, 4.69) is 4.98 Å². The van der Waals surface area contributed by atoms with E-state index in [4.69, 9.17) is 0 Å². The van der Waals surface area contributed by atoms with Gasteiger partial charge in [0.2, 0.25) is 0 Å². The van der Waals surface area contributed by atoms with Crippen LogP contribution in [0.1, 0.15) is 42.6 Å². The number of carbonyl (C=O) groups is 2.